The molecule has 0 radical (unpaired) electrons. The van der Waals surface area contributed by atoms with Crippen LogP contribution in [0.25, 0.3) is 10.9 Å². The highest BCUT2D eigenvalue weighted by molar-refractivity contribution is 5.83. The third-order valence-electron chi connectivity index (χ3n) is 7.05. The molecule has 0 aliphatic carbocycles. The summed E-state index contributed by atoms with van der Waals surface area (Å²) >= 11 is 0. The lowest BCUT2D eigenvalue weighted by Gasteiger charge is -2.37. The zero-order valence-electron chi connectivity index (χ0n) is 20.5. The van der Waals surface area contributed by atoms with Crippen molar-refractivity contribution in [2.24, 2.45) is 0 Å². The summed E-state index contributed by atoms with van der Waals surface area (Å²) < 4.78 is 1.82. The van der Waals surface area contributed by atoms with Crippen LogP contribution in [0.15, 0.2) is 77.6 Å². The molecule has 7 heteroatoms. The Kier molecular flexibility index (Phi) is 5.60. The lowest BCUT2D eigenvalue weighted by Crippen LogP contribution is -2.38. The van der Waals surface area contributed by atoms with Crippen LogP contribution in [0.5, 0.6) is 0 Å². The first-order valence-corrected chi connectivity index (χ1v) is 12.4. The Morgan fingerprint density at radius 2 is 1.81 bits per heavy atom. The molecule has 36 heavy (non-hydrogen) atoms. The van der Waals surface area contributed by atoms with E-state index in [9.17, 15) is 4.79 Å². The normalized spacial score (nSPS) is 14.1. The minimum atomic E-state index is -0.431. The molecular weight excluding hydrogens is 448 g/mol. The van der Waals surface area contributed by atoms with Gasteiger partial charge in [-0.1, -0.05) is 60.2 Å². The van der Waals surface area contributed by atoms with Gasteiger partial charge in [0.05, 0.1) is 12.1 Å². The number of rotatable bonds is 5. The Bertz CT molecular complexity index is 1600. The van der Waals surface area contributed by atoms with Crippen LogP contribution in [-0.4, -0.2) is 31.7 Å². The van der Waals surface area contributed by atoms with Gasteiger partial charge in [-0.2, -0.15) is 0 Å². The lowest BCUT2D eigenvalue weighted by atomic mass is 9.95. The van der Waals surface area contributed by atoms with Crippen LogP contribution in [0.1, 0.15) is 46.1 Å². The molecule has 0 saturated heterocycles. The highest BCUT2D eigenvalue weighted by Crippen LogP contribution is 2.37. The van der Waals surface area contributed by atoms with Crippen molar-refractivity contribution in [3.63, 3.8) is 0 Å². The monoisotopic (exact) mass is 476 g/mol. The topological polar surface area (TPSA) is 79.7 Å². The Morgan fingerprint density at radius 3 is 2.67 bits per heavy atom. The average Bonchev–Trinajstić information content (AvgIpc) is 3.33. The van der Waals surface area contributed by atoms with Crippen LogP contribution in [0.3, 0.4) is 0 Å². The van der Waals surface area contributed by atoms with E-state index in [4.69, 9.17) is 0 Å². The molecule has 0 amide bonds. The number of aryl methyl sites for hydroxylation is 3. The van der Waals surface area contributed by atoms with Gasteiger partial charge in [0.1, 0.15) is 6.04 Å². The number of H-pyrrole nitrogens is 1. The maximum Gasteiger partial charge on any atom is 0.254 e. The highest BCUT2D eigenvalue weighted by atomic mass is 16.1. The van der Waals surface area contributed by atoms with Crippen LogP contribution in [0.4, 0.5) is 5.69 Å². The van der Waals surface area contributed by atoms with Crippen molar-refractivity contribution in [2.45, 2.75) is 39.3 Å². The standard InChI is InChI=1S/C29H28N6O/c1-19-15-20(2)26-23(16-19)17-24(29(36)30-26)27(34-14-8-12-22-11-6-7-13-25(22)34)28-31-32-33-35(28)18-21-9-4-3-5-10-21/h3-7,9-11,13,15-17,27H,8,12,14,18H2,1-2H3,(H,30,36)/t27-/m1/s1. The number of hydrogen-bond donors (Lipinski definition) is 1. The second-order valence-electron chi connectivity index (χ2n) is 9.61. The van der Waals surface area contributed by atoms with Gasteiger partial charge in [-0.15, -0.1) is 5.10 Å². The van der Waals surface area contributed by atoms with E-state index >= 15 is 0 Å². The molecule has 0 fully saturated rings. The van der Waals surface area contributed by atoms with E-state index in [2.05, 4.69) is 80.9 Å². The summed E-state index contributed by atoms with van der Waals surface area (Å²) in [5, 5.41) is 13.9. The van der Waals surface area contributed by atoms with Gasteiger partial charge >= 0.3 is 0 Å². The number of para-hydroxylation sites is 1. The fourth-order valence-electron chi connectivity index (χ4n) is 5.46. The summed E-state index contributed by atoms with van der Waals surface area (Å²) in [5.41, 5.74) is 7.13. The van der Waals surface area contributed by atoms with Crippen molar-refractivity contribution in [3.8, 4) is 0 Å². The number of hydrogen-bond acceptors (Lipinski definition) is 5. The van der Waals surface area contributed by atoms with Crippen molar-refractivity contribution >= 4 is 16.6 Å². The molecule has 0 unspecified atom stereocenters. The van der Waals surface area contributed by atoms with Crippen molar-refractivity contribution < 1.29 is 0 Å². The van der Waals surface area contributed by atoms with Crippen LogP contribution in [0.2, 0.25) is 0 Å². The first-order valence-electron chi connectivity index (χ1n) is 12.4. The molecule has 1 aliphatic heterocycles. The van der Waals surface area contributed by atoms with Crippen molar-refractivity contribution in [3.05, 3.63) is 117 Å². The second kappa shape index (κ2) is 9.07. The van der Waals surface area contributed by atoms with Crippen molar-refractivity contribution in [1.82, 2.24) is 25.2 Å². The molecule has 7 nitrogen and oxygen atoms in total. The molecule has 3 heterocycles. The maximum atomic E-state index is 13.7. The Morgan fingerprint density at radius 1 is 1.00 bits per heavy atom. The van der Waals surface area contributed by atoms with Crippen LogP contribution in [-0.2, 0) is 13.0 Å². The summed E-state index contributed by atoms with van der Waals surface area (Å²) in [5.74, 6) is 0.657. The van der Waals surface area contributed by atoms with E-state index in [1.165, 1.54) is 5.56 Å². The third kappa shape index (κ3) is 3.96. The SMILES string of the molecule is Cc1cc(C)c2[nH]c(=O)c([C@H](c3nnnn3Cc3ccccc3)N3CCCc4ccccc43)cc2c1. The van der Waals surface area contributed by atoms with Gasteiger partial charge in [-0.25, -0.2) is 4.68 Å². The number of anilines is 1. The molecule has 2 aromatic heterocycles. The van der Waals surface area contributed by atoms with E-state index < -0.39 is 6.04 Å². The summed E-state index contributed by atoms with van der Waals surface area (Å²) in [6.45, 7) is 5.45. The van der Waals surface area contributed by atoms with Gasteiger partial charge in [0.25, 0.3) is 5.56 Å². The summed E-state index contributed by atoms with van der Waals surface area (Å²) in [4.78, 5) is 19.1. The number of tetrazole rings is 1. The quantitative estimate of drug-likeness (QED) is 0.397. The van der Waals surface area contributed by atoms with Crippen molar-refractivity contribution in [1.29, 1.82) is 0 Å². The predicted molar refractivity (Wildman–Crippen MR) is 141 cm³/mol. The van der Waals surface area contributed by atoms with E-state index in [1.807, 2.05) is 35.9 Å². The van der Waals surface area contributed by atoms with Gasteiger partial charge in [-0.05, 0) is 77.4 Å². The fraction of sp³-hybridized carbons (Fsp3) is 0.241. The Balaban J connectivity index is 1.56. The van der Waals surface area contributed by atoms with Crippen LogP contribution < -0.4 is 10.5 Å². The highest BCUT2D eigenvalue weighted by Gasteiger charge is 2.33. The molecule has 5 aromatic rings. The first kappa shape index (κ1) is 22.2. The van der Waals surface area contributed by atoms with Crippen LogP contribution >= 0.6 is 0 Å². The van der Waals surface area contributed by atoms with Gasteiger partial charge in [0.15, 0.2) is 5.82 Å². The predicted octanol–water partition coefficient (Wildman–Crippen LogP) is 4.72. The van der Waals surface area contributed by atoms with E-state index in [1.54, 1.807) is 0 Å². The third-order valence-corrected chi connectivity index (χ3v) is 7.05. The number of aromatic nitrogens is 5. The molecule has 1 aliphatic rings. The number of aromatic amines is 1. The second-order valence-corrected chi connectivity index (χ2v) is 9.61. The van der Waals surface area contributed by atoms with Gasteiger partial charge in [0, 0.05) is 17.8 Å². The summed E-state index contributed by atoms with van der Waals surface area (Å²) in [6, 6.07) is 24.4. The van der Waals surface area contributed by atoms with E-state index in [-0.39, 0.29) is 5.56 Å². The molecule has 0 saturated carbocycles. The smallest absolute Gasteiger partial charge is 0.254 e. The summed E-state index contributed by atoms with van der Waals surface area (Å²) in [6.07, 6.45) is 2.01. The zero-order chi connectivity index (χ0) is 24.6. The maximum absolute atomic E-state index is 13.7. The minimum absolute atomic E-state index is 0.114. The number of nitrogens with zero attached hydrogens (tertiary/aromatic N) is 5. The van der Waals surface area contributed by atoms with E-state index in [0.717, 1.165) is 52.7 Å². The minimum Gasteiger partial charge on any atom is -0.357 e. The number of benzene rings is 3. The molecule has 0 spiro atoms. The zero-order valence-corrected chi connectivity index (χ0v) is 20.5. The number of pyridine rings is 1. The summed E-state index contributed by atoms with van der Waals surface area (Å²) in [7, 11) is 0. The molecule has 0 bridgehead atoms. The largest absolute Gasteiger partial charge is 0.357 e. The van der Waals surface area contributed by atoms with E-state index in [0.29, 0.717) is 17.9 Å². The molecule has 3 aromatic carbocycles. The van der Waals surface area contributed by atoms with Gasteiger partial charge in [0.2, 0.25) is 0 Å². The molecule has 6 rings (SSSR count). The molecular formula is C29H28N6O. The van der Waals surface area contributed by atoms with Crippen LogP contribution in [0, 0.1) is 13.8 Å². The Hall–Kier alpha value is -4.26. The molecule has 1 N–H and O–H groups in total. The number of nitrogens with one attached hydrogen (secondary N) is 1. The Labute approximate surface area is 209 Å². The van der Waals surface area contributed by atoms with Gasteiger partial charge in [-0.3, -0.25) is 4.79 Å². The lowest BCUT2D eigenvalue weighted by molar-refractivity contribution is 0.555. The number of fused-ring (bicyclic) bond motifs is 2. The fourth-order valence-corrected chi connectivity index (χ4v) is 5.46. The van der Waals surface area contributed by atoms with Crippen molar-refractivity contribution in [2.75, 3.05) is 11.4 Å². The first-order chi connectivity index (χ1) is 17.6. The average molecular weight is 477 g/mol. The molecule has 1 atom stereocenters. The molecule has 180 valence electrons. The van der Waals surface area contributed by atoms with Gasteiger partial charge < -0.3 is 9.88 Å².